The topological polar surface area (TPSA) is 24.1 Å². The monoisotopic (exact) mass is 321 g/mol. The van der Waals surface area contributed by atoms with E-state index in [2.05, 4.69) is 23.6 Å². The molecule has 0 spiro atoms. The first-order valence-corrected chi connectivity index (χ1v) is 5.19. The van der Waals surface area contributed by atoms with Crippen molar-refractivity contribution < 1.29 is 33.7 Å². The zero-order valence-electron chi connectivity index (χ0n) is 7.90. The smallest absolute Gasteiger partial charge is 0.264 e. The van der Waals surface area contributed by atoms with Crippen LogP contribution in [0.1, 0.15) is 11.9 Å². The maximum Gasteiger partial charge on any atom is 0.264 e. The van der Waals surface area contributed by atoms with Crippen LogP contribution < -0.4 is 28.5 Å². The summed E-state index contributed by atoms with van der Waals surface area (Å²) in [5.74, 6) is 0. The summed E-state index contributed by atoms with van der Waals surface area (Å²) in [6.07, 6.45) is 0. The summed E-state index contributed by atoms with van der Waals surface area (Å²) in [6.45, 7) is 3.14. The van der Waals surface area contributed by atoms with E-state index in [4.69, 9.17) is 5.11 Å². The van der Waals surface area contributed by atoms with E-state index >= 15 is 0 Å². The number of aryl methyl sites for hydroxylation is 1. The largest absolute Gasteiger partial charge is 1.00 e. The predicted octanol–water partition coefficient (Wildman–Crippen LogP) is -1.29. The van der Waals surface area contributed by atoms with Gasteiger partial charge < -0.3 is 29.1 Å². The minimum Gasteiger partial charge on any atom is -1.00 e. The molecule has 14 heavy (non-hydrogen) atoms. The molecule has 76 valence electrons. The molecule has 0 unspecified atom stereocenters. The molecule has 0 bridgehead atoms. The molecule has 1 aromatic heterocycles. The summed E-state index contributed by atoms with van der Waals surface area (Å²) in [7, 11) is 0. The van der Waals surface area contributed by atoms with Crippen molar-refractivity contribution in [3.8, 4) is 0 Å². The van der Waals surface area contributed by atoms with Crippen LogP contribution in [-0.2, 0) is 13.2 Å². The Balaban J connectivity index is 0.000000980. The number of hydrogen-bond donors (Lipinski definition) is 1. The van der Waals surface area contributed by atoms with Crippen LogP contribution in [0.2, 0.25) is 0 Å². The Morgan fingerprint density at radius 2 is 2.07 bits per heavy atom. The zero-order chi connectivity index (χ0) is 9.26. The van der Waals surface area contributed by atoms with Gasteiger partial charge in [0.2, 0.25) is 5.52 Å². The van der Waals surface area contributed by atoms with Crippen LogP contribution in [0.15, 0.2) is 24.3 Å². The Labute approximate surface area is 104 Å². The average Bonchev–Trinajstić information content (AvgIpc) is 2.55. The molecule has 0 saturated heterocycles. The van der Waals surface area contributed by atoms with E-state index in [0.717, 1.165) is 11.6 Å². The number of aliphatic hydroxyl groups is 1. The van der Waals surface area contributed by atoms with Gasteiger partial charge >= 0.3 is 0 Å². The van der Waals surface area contributed by atoms with Crippen LogP contribution >= 0.6 is 11.3 Å². The number of aliphatic hydroxyl groups excluding tert-OH is 1. The number of halogens is 1. The molecule has 4 heteroatoms. The van der Waals surface area contributed by atoms with Gasteiger partial charge in [0.25, 0.3) is 5.01 Å². The Kier molecular flexibility index (Phi) is 4.28. The fraction of sp³-hybridized carbons (Fsp3) is 0.300. The van der Waals surface area contributed by atoms with Crippen molar-refractivity contribution in [2.24, 2.45) is 0 Å². The van der Waals surface area contributed by atoms with Crippen LogP contribution in [0.4, 0.5) is 0 Å². The van der Waals surface area contributed by atoms with Gasteiger partial charge in [-0.15, -0.1) is 0 Å². The number of thiazole rings is 1. The van der Waals surface area contributed by atoms with Gasteiger partial charge in [0, 0.05) is 6.07 Å². The maximum absolute atomic E-state index is 9.14. The number of aromatic nitrogens is 1. The third kappa shape index (κ3) is 1.92. The Morgan fingerprint density at radius 1 is 1.36 bits per heavy atom. The Bertz CT molecular complexity index is 427. The van der Waals surface area contributed by atoms with Crippen molar-refractivity contribution in [1.29, 1.82) is 0 Å². The van der Waals surface area contributed by atoms with Gasteiger partial charge in [0.05, 0.1) is 0 Å². The van der Waals surface area contributed by atoms with Gasteiger partial charge in [-0.25, -0.2) is 0 Å². The quantitative estimate of drug-likeness (QED) is 0.540. The third-order valence-electron chi connectivity index (χ3n) is 2.14. The van der Waals surface area contributed by atoms with E-state index in [0.29, 0.717) is 0 Å². The molecule has 0 aliphatic heterocycles. The summed E-state index contributed by atoms with van der Waals surface area (Å²) < 4.78 is 3.40. The zero-order valence-corrected chi connectivity index (χ0v) is 10.9. The number of nitrogens with zero attached hydrogens (tertiary/aromatic N) is 1. The van der Waals surface area contributed by atoms with Crippen molar-refractivity contribution in [3.63, 3.8) is 0 Å². The van der Waals surface area contributed by atoms with Crippen LogP contribution in [0.3, 0.4) is 0 Å². The van der Waals surface area contributed by atoms with Crippen molar-refractivity contribution in [3.05, 3.63) is 29.3 Å². The van der Waals surface area contributed by atoms with Crippen LogP contribution in [0.25, 0.3) is 10.2 Å². The molecular weight excluding hydrogens is 309 g/mol. The normalized spacial score (nSPS) is 10.1. The lowest BCUT2D eigenvalue weighted by Gasteiger charge is -1.90. The molecule has 1 heterocycles. The molecule has 2 nitrogen and oxygen atoms in total. The molecule has 2 aromatic rings. The molecule has 0 aliphatic rings. The van der Waals surface area contributed by atoms with Gasteiger partial charge in [-0.05, 0) is 13.0 Å². The molecule has 0 atom stereocenters. The highest BCUT2D eigenvalue weighted by Gasteiger charge is 2.16. The highest BCUT2D eigenvalue weighted by atomic mass is 127. The molecule has 0 saturated carbocycles. The molecule has 1 N–H and O–H groups in total. The lowest BCUT2D eigenvalue weighted by atomic mass is 10.3. The van der Waals surface area contributed by atoms with Crippen LogP contribution in [0, 0.1) is 0 Å². The SMILES string of the molecule is CC[n+]1c(CO)sc2ccccc21.[I-]. The molecular formula is C10H12INOS. The van der Waals surface area contributed by atoms with Crippen LogP contribution in [0.5, 0.6) is 0 Å². The fourth-order valence-corrected chi connectivity index (χ4v) is 2.63. The maximum atomic E-state index is 9.14. The first-order valence-electron chi connectivity index (χ1n) is 4.38. The number of hydrogen-bond acceptors (Lipinski definition) is 2. The Hall–Kier alpha value is -0.200. The van der Waals surface area contributed by atoms with E-state index in [1.807, 2.05) is 12.1 Å². The number of rotatable bonds is 2. The number of benzene rings is 1. The van der Waals surface area contributed by atoms with Gasteiger partial charge in [-0.2, -0.15) is 4.57 Å². The van der Waals surface area contributed by atoms with Gasteiger partial charge in [-0.3, -0.25) is 0 Å². The second kappa shape index (κ2) is 5.04. The fourth-order valence-electron chi connectivity index (χ4n) is 1.55. The van der Waals surface area contributed by atoms with Gasteiger partial charge in [0.15, 0.2) is 0 Å². The third-order valence-corrected chi connectivity index (χ3v) is 3.29. The second-order valence-corrected chi connectivity index (χ2v) is 3.98. The summed E-state index contributed by atoms with van der Waals surface area (Å²) in [5, 5.41) is 10.2. The average molecular weight is 321 g/mol. The lowest BCUT2D eigenvalue weighted by molar-refractivity contribution is -0.672. The van der Waals surface area contributed by atoms with E-state index < -0.39 is 0 Å². The predicted molar refractivity (Wildman–Crippen MR) is 53.6 cm³/mol. The first-order chi connectivity index (χ1) is 6.36. The van der Waals surface area contributed by atoms with Crippen molar-refractivity contribution in [2.45, 2.75) is 20.1 Å². The summed E-state index contributed by atoms with van der Waals surface area (Å²) in [6, 6.07) is 8.24. The highest BCUT2D eigenvalue weighted by molar-refractivity contribution is 7.18. The van der Waals surface area contributed by atoms with Crippen LogP contribution in [-0.4, -0.2) is 5.11 Å². The summed E-state index contributed by atoms with van der Waals surface area (Å²) >= 11 is 1.66. The molecule has 1 aromatic carbocycles. The minimum atomic E-state index is 0. The van der Waals surface area contributed by atoms with E-state index in [1.165, 1.54) is 10.2 Å². The number of fused-ring (bicyclic) bond motifs is 1. The molecule has 0 radical (unpaired) electrons. The van der Waals surface area contributed by atoms with E-state index in [9.17, 15) is 0 Å². The van der Waals surface area contributed by atoms with E-state index in [-0.39, 0.29) is 30.6 Å². The number of para-hydroxylation sites is 1. The molecule has 0 amide bonds. The molecule has 2 rings (SSSR count). The van der Waals surface area contributed by atoms with Crippen molar-refractivity contribution >= 4 is 21.6 Å². The van der Waals surface area contributed by atoms with Gasteiger partial charge in [0.1, 0.15) is 17.9 Å². The van der Waals surface area contributed by atoms with E-state index in [1.54, 1.807) is 11.3 Å². The summed E-state index contributed by atoms with van der Waals surface area (Å²) in [4.78, 5) is 0. The van der Waals surface area contributed by atoms with Gasteiger partial charge in [-0.1, -0.05) is 23.5 Å². The Morgan fingerprint density at radius 3 is 2.71 bits per heavy atom. The van der Waals surface area contributed by atoms with Crippen molar-refractivity contribution in [2.75, 3.05) is 0 Å². The summed E-state index contributed by atoms with van der Waals surface area (Å²) in [5.41, 5.74) is 1.22. The first kappa shape index (κ1) is 11.9. The molecule has 0 aliphatic carbocycles. The molecule has 0 fully saturated rings. The highest BCUT2D eigenvalue weighted by Crippen LogP contribution is 2.19. The minimum absolute atomic E-state index is 0. The van der Waals surface area contributed by atoms with Crippen molar-refractivity contribution in [1.82, 2.24) is 0 Å². The second-order valence-electron chi connectivity index (χ2n) is 2.87. The lowest BCUT2D eigenvalue weighted by Crippen LogP contribution is -3.00. The standard InChI is InChI=1S/C10H12NOS.HI/c1-2-11-8-5-3-4-6-9(8)13-10(11)7-12;/h3-6,12H,2,7H2,1H3;1H/q+1;/p-1.